The fourth-order valence-corrected chi connectivity index (χ4v) is 4.09. The van der Waals surface area contributed by atoms with Gasteiger partial charge in [0.1, 0.15) is 29.2 Å². The molecule has 1 fully saturated rings. The van der Waals surface area contributed by atoms with Gasteiger partial charge in [-0.05, 0) is 17.9 Å². The monoisotopic (exact) mass is 468 g/mol. The van der Waals surface area contributed by atoms with E-state index in [0.717, 1.165) is 5.69 Å². The number of aliphatic hydroxyl groups excluding tert-OH is 1. The van der Waals surface area contributed by atoms with Crippen LogP contribution in [0.3, 0.4) is 0 Å². The molecule has 0 unspecified atom stereocenters. The number of β-amino-alcohol motifs (C(OH)–C–C–N with tert-alkyl or cyclic N) is 1. The number of hydrogen-bond donors (Lipinski definition) is 2. The molecule has 9 heteroatoms. The number of nitrogens with one attached hydrogen (secondary N) is 1. The summed E-state index contributed by atoms with van der Waals surface area (Å²) < 4.78 is 10.8. The van der Waals surface area contributed by atoms with Crippen LogP contribution in [0.25, 0.3) is 0 Å². The van der Waals surface area contributed by atoms with Gasteiger partial charge in [-0.3, -0.25) is 14.6 Å². The Morgan fingerprint density at radius 1 is 1.35 bits per heavy atom. The van der Waals surface area contributed by atoms with Crippen molar-refractivity contribution in [2.75, 3.05) is 13.7 Å². The van der Waals surface area contributed by atoms with Gasteiger partial charge in [0.25, 0.3) is 0 Å². The molecule has 0 aliphatic carbocycles. The van der Waals surface area contributed by atoms with Gasteiger partial charge in [0.05, 0.1) is 25.5 Å². The summed E-state index contributed by atoms with van der Waals surface area (Å²) in [6, 6.07) is 2.65. The van der Waals surface area contributed by atoms with Crippen molar-refractivity contribution in [2.45, 2.75) is 64.6 Å². The number of aliphatic hydroxyl groups is 1. The molecule has 2 N–H and O–H groups in total. The van der Waals surface area contributed by atoms with Crippen molar-refractivity contribution < 1.29 is 24.0 Å². The first-order chi connectivity index (χ1) is 16.2. The van der Waals surface area contributed by atoms with Crippen LogP contribution in [-0.2, 0) is 16.1 Å². The number of hydrogen-bond acceptors (Lipinski definition) is 7. The highest BCUT2D eigenvalue weighted by Crippen LogP contribution is 2.32. The average molecular weight is 469 g/mol. The molecular formula is C25H32N4O5. The minimum atomic E-state index is -0.813. The van der Waals surface area contributed by atoms with Crippen LogP contribution in [-0.4, -0.2) is 57.8 Å². The van der Waals surface area contributed by atoms with E-state index in [2.05, 4.69) is 21.4 Å². The van der Waals surface area contributed by atoms with Crippen molar-refractivity contribution >= 4 is 11.8 Å². The van der Waals surface area contributed by atoms with Gasteiger partial charge >= 0.3 is 0 Å². The second kappa shape index (κ2) is 10.7. The molecule has 3 atom stereocenters. The van der Waals surface area contributed by atoms with E-state index in [1.54, 1.807) is 12.1 Å². The molecule has 0 radical (unpaired) electrons. The maximum atomic E-state index is 13.6. The standard InChI is InChI=1S/C25H32N4O5/c1-7-16-8-21(33-6)19(26-11-16)12-27-24(31)20-9-17(30)13-29(20)25(32)23(15(4)5)22-10-18(14(2)3)28-34-22/h1,8,10-11,14-15,17,20,23,30H,9,12-13H2,2-6H3,(H,27,31)/t17-,20+,23+/m1/s1. The maximum absolute atomic E-state index is 13.6. The van der Waals surface area contributed by atoms with Crippen LogP contribution < -0.4 is 10.1 Å². The number of methoxy groups -OCH3 is 1. The van der Waals surface area contributed by atoms with Crippen LogP contribution in [0.1, 0.15) is 68.7 Å². The van der Waals surface area contributed by atoms with E-state index in [4.69, 9.17) is 15.7 Å². The highest BCUT2D eigenvalue weighted by Gasteiger charge is 2.43. The molecule has 1 saturated heterocycles. The molecular weight excluding hydrogens is 436 g/mol. The minimum absolute atomic E-state index is 0.0732. The lowest BCUT2D eigenvalue weighted by Crippen LogP contribution is -2.48. The predicted molar refractivity (Wildman–Crippen MR) is 125 cm³/mol. The minimum Gasteiger partial charge on any atom is -0.495 e. The molecule has 2 aromatic heterocycles. The molecule has 2 amide bonds. The van der Waals surface area contributed by atoms with Crippen LogP contribution in [0.4, 0.5) is 0 Å². The normalized spacial score (nSPS) is 18.7. The molecule has 0 aromatic carbocycles. The Bertz CT molecular complexity index is 1070. The van der Waals surface area contributed by atoms with Crippen molar-refractivity contribution in [2.24, 2.45) is 5.92 Å². The predicted octanol–water partition coefficient (Wildman–Crippen LogP) is 2.20. The van der Waals surface area contributed by atoms with Crippen molar-refractivity contribution in [1.82, 2.24) is 20.4 Å². The Hall–Kier alpha value is -3.38. The van der Waals surface area contributed by atoms with Crippen LogP contribution in [0.5, 0.6) is 5.75 Å². The quantitative estimate of drug-likeness (QED) is 0.570. The molecule has 0 spiro atoms. The zero-order valence-corrected chi connectivity index (χ0v) is 20.2. The van der Waals surface area contributed by atoms with E-state index in [-0.39, 0.29) is 43.2 Å². The van der Waals surface area contributed by atoms with Gasteiger partial charge < -0.3 is 24.6 Å². The number of pyridine rings is 1. The second-order valence-corrected chi connectivity index (χ2v) is 9.16. The Morgan fingerprint density at radius 3 is 2.68 bits per heavy atom. The number of aromatic nitrogens is 2. The smallest absolute Gasteiger partial charge is 0.243 e. The van der Waals surface area contributed by atoms with Crippen LogP contribution in [0.2, 0.25) is 0 Å². The number of nitrogens with zero attached hydrogens (tertiary/aromatic N) is 3. The molecule has 2 aromatic rings. The van der Waals surface area contributed by atoms with Gasteiger partial charge in [0.15, 0.2) is 0 Å². The molecule has 34 heavy (non-hydrogen) atoms. The third kappa shape index (κ3) is 5.39. The summed E-state index contributed by atoms with van der Waals surface area (Å²) in [5.41, 5.74) is 1.84. The van der Waals surface area contributed by atoms with Crippen LogP contribution in [0.15, 0.2) is 22.9 Å². The number of carbonyl (C=O) groups is 2. The highest BCUT2D eigenvalue weighted by atomic mass is 16.5. The fourth-order valence-electron chi connectivity index (χ4n) is 4.09. The Morgan fingerprint density at radius 2 is 2.09 bits per heavy atom. The number of amides is 2. The SMILES string of the molecule is C#Cc1cnc(CNC(=O)[C@@H]2C[C@@H](O)CN2C(=O)[C@H](c2cc(C(C)C)no2)C(C)C)c(OC)c1. The summed E-state index contributed by atoms with van der Waals surface area (Å²) in [7, 11) is 1.50. The Kier molecular flexibility index (Phi) is 7.94. The van der Waals surface area contributed by atoms with Crippen molar-refractivity contribution in [3.63, 3.8) is 0 Å². The Balaban J connectivity index is 1.77. The van der Waals surface area contributed by atoms with Gasteiger partial charge in [-0.25, -0.2) is 0 Å². The number of likely N-dealkylation sites (tertiary alicyclic amines) is 1. The number of rotatable bonds is 8. The summed E-state index contributed by atoms with van der Waals surface area (Å²) in [4.78, 5) is 32.3. The zero-order valence-electron chi connectivity index (χ0n) is 20.2. The Labute approximate surface area is 199 Å². The third-order valence-corrected chi connectivity index (χ3v) is 5.99. The lowest BCUT2D eigenvalue weighted by atomic mass is 9.90. The van der Waals surface area contributed by atoms with E-state index in [9.17, 15) is 14.7 Å². The molecule has 0 bridgehead atoms. The molecule has 1 aliphatic rings. The molecule has 0 saturated carbocycles. The number of terminal acetylenes is 1. The summed E-state index contributed by atoms with van der Waals surface area (Å²) in [5, 5.41) is 17.2. The molecule has 3 heterocycles. The summed E-state index contributed by atoms with van der Waals surface area (Å²) in [5.74, 6) is 2.22. The number of ether oxygens (including phenoxy) is 1. The van der Waals surface area contributed by atoms with E-state index in [1.807, 2.05) is 27.7 Å². The lowest BCUT2D eigenvalue weighted by Gasteiger charge is -2.28. The van der Waals surface area contributed by atoms with Crippen LogP contribution in [0, 0.1) is 18.3 Å². The van der Waals surface area contributed by atoms with E-state index in [1.165, 1.54) is 18.2 Å². The van der Waals surface area contributed by atoms with E-state index in [0.29, 0.717) is 22.8 Å². The first-order valence-electron chi connectivity index (χ1n) is 11.4. The first-order valence-corrected chi connectivity index (χ1v) is 11.4. The van der Waals surface area contributed by atoms with Gasteiger partial charge in [-0.15, -0.1) is 6.42 Å². The largest absolute Gasteiger partial charge is 0.495 e. The van der Waals surface area contributed by atoms with Gasteiger partial charge in [-0.1, -0.05) is 38.8 Å². The van der Waals surface area contributed by atoms with Crippen molar-refractivity contribution in [1.29, 1.82) is 0 Å². The summed E-state index contributed by atoms with van der Waals surface area (Å²) >= 11 is 0. The average Bonchev–Trinajstić information content (AvgIpc) is 3.44. The molecule has 1 aliphatic heterocycles. The number of carbonyl (C=O) groups excluding carboxylic acids is 2. The second-order valence-electron chi connectivity index (χ2n) is 9.16. The molecule has 3 rings (SSSR count). The molecule has 9 nitrogen and oxygen atoms in total. The van der Waals surface area contributed by atoms with Gasteiger partial charge in [0, 0.05) is 30.8 Å². The topological polar surface area (TPSA) is 118 Å². The summed E-state index contributed by atoms with van der Waals surface area (Å²) in [6.45, 7) is 7.99. The van der Waals surface area contributed by atoms with Gasteiger partial charge in [0.2, 0.25) is 11.8 Å². The highest BCUT2D eigenvalue weighted by molar-refractivity contribution is 5.91. The first kappa shape index (κ1) is 25.2. The van der Waals surface area contributed by atoms with Crippen LogP contribution >= 0.6 is 0 Å². The molecule has 182 valence electrons. The zero-order chi connectivity index (χ0) is 25.0. The summed E-state index contributed by atoms with van der Waals surface area (Å²) in [6.07, 6.45) is 6.28. The fraction of sp³-hybridized carbons (Fsp3) is 0.520. The van der Waals surface area contributed by atoms with Crippen molar-refractivity contribution in [3.8, 4) is 18.1 Å². The van der Waals surface area contributed by atoms with E-state index < -0.39 is 18.1 Å². The van der Waals surface area contributed by atoms with Gasteiger partial charge in [-0.2, -0.15) is 0 Å². The lowest BCUT2D eigenvalue weighted by molar-refractivity contribution is -0.141. The van der Waals surface area contributed by atoms with E-state index >= 15 is 0 Å². The van der Waals surface area contributed by atoms with Crippen molar-refractivity contribution in [3.05, 3.63) is 41.0 Å². The maximum Gasteiger partial charge on any atom is 0.243 e. The third-order valence-electron chi connectivity index (χ3n) is 5.99.